The Hall–Kier alpha value is -0.190. The molecule has 1 aliphatic rings. The van der Waals surface area contributed by atoms with Crippen LogP contribution in [0, 0.1) is 0 Å². The van der Waals surface area contributed by atoms with Gasteiger partial charge in [0.1, 0.15) is 0 Å². The maximum absolute atomic E-state index is 12.9. The van der Waals surface area contributed by atoms with Gasteiger partial charge in [-0.15, -0.1) is 11.3 Å². The number of hydrogen-bond acceptors (Lipinski definition) is 3. The average molecular weight is 344 g/mol. The number of carbonyl (C=O) groups is 1. The van der Waals surface area contributed by atoms with E-state index >= 15 is 0 Å². The van der Waals surface area contributed by atoms with Gasteiger partial charge in [0.15, 0.2) is 5.78 Å². The third-order valence-electron chi connectivity index (χ3n) is 4.41. The minimum Gasteiger partial charge on any atom is -0.297 e. The predicted octanol–water partition coefficient (Wildman–Crippen LogP) is 4.28. The lowest BCUT2D eigenvalue weighted by atomic mass is 9.84. The van der Waals surface area contributed by atoms with Crippen molar-refractivity contribution in [2.45, 2.75) is 51.5 Å². The second-order valence-corrected chi connectivity index (χ2v) is 7.08. The van der Waals surface area contributed by atoms with Crippen LogP contribution >= 0.6 is 27.3 Å². The predicted molar refractivity (Wildman–Crippen MR) is 84.9 cm³/mol. The fourth-order valence-corrected chi connectivity index (χ4v) is 4.67. The van der Waals surface area contributed by atoms with Gasteiger partial charge in [0.05, 0.1) is 5.54 Å². The molecule has 0 spiro atoms. The van der Waals surface area contributed by atoms with E-state index in [9.17, 15) is 4.79 Å². The van der Waals surface area contributed by atoms with Crippen molar-refractivity contribution in [3.8, 4) is 0 Å². The van der Waals surface area contributed by atoms with Crippen molar-refractivity contribution in [3.63, 3.8) is 0 Å². The maximum atomic E-state index is 12.9. The van der Waals surface area contributed by atoms with Crippen LogP contribution in [0.3, 0.4) is 0 Å². The van der Waals surface area contributed by atoms with Crippen molar-refractivity contribution >= 4 is 33.0 Å². The fourth-order valence-electron chi connectivity index (χ4n) is 3.17. The standard InChI is InChI=1S/C15H22BrNOS/c1-3-15(4-2,17-8-5-6-9-17)14(18)11-13-12(16)7-10-19-13/h7,10H,3-6,8-9,11H2,1-2H3. The van der Waals surface area contributed by atoms with Crippen molar-refractivity contribution in [2.24, 2.45) is 0 Å². The zero-order valence-electron chi connectivity index (χ0n) is 11.7. The van der Waals surface area contributed by atoms with E-state index in [0.29, 0.717) is 12.2 Å². The number of Topliss-reactive ketones (excluding diaryl/α,β-unsaturated/α-hetero) is 1. The second-order valence-electron chi connectivity index (χ2n) is 5.22. The summed E-state index contributed by atoms with van der Waals surface area (Å²) in [5, 5.41) is 2.04. The summed E-state index contributed by atoms with van der Waals surface area (Å²) < 4.78 is 1.08. The Bertz CT molecular complexity index is 433. The lowest BCUT2D eigenvalue weighted by Crippen LogP contribution is -2.53. The van der Waals surface area contributed by atoms with Gasteiger partial charge >= 0.3 is 0 Å². The Labute approximate surface area is 128 Å². The number of thiophene rings is 1. The third-order valence-corrected chi connectivity index (χ3v) is 6.34. The first-order chi connectivity index (χ1) is 9.14. The topological polar surface area (TPSA) is 20.3 Å². The summed E-state index contributed by atoms with van der Waals surface area (Å²) in [7, 11) is 0. The van der Waals surface area contributed by atoms with Crippen LogP contribution in [0.15, 0.2) is 15.9 Å². The summed E-state index contributed by atoms with van der Waals surface area (Å²) in [5.74, 6) is 0.391. The van der Waals surface area contributed by atoms with Gasteiger partial charge in [0.25, 0.3) is 0 Å². The molecule has 19 heavy (non-hydrogen) atoms. The van der Waals surface area contributed by atoms with Gasteiger partial charge in [-0.25, -0.2) is 0 Å². The molecule has 0 atom stereocenters. The molecule has 0 aromatic carbocycles. The fraction of sp³-hybridized carbons (Fsp3) is 0.667. The molecule has 0 N–H and O–H groups in total. The van der Waals surface area contributed by atoms with Crippen molar-refractivity contribution in [1.82, 2.24) is 4.90 Å². The van der Waals surface area contributed by atoms with Crippen LogP contribution in [-0.4, -0.2) is 29.3 Å². The first-order valence-electron chi connectivity index (χ1n) is 7.14. The van der Waals surface area contributed by atoms with E-state index in [2.05, 4.69) is 34.7 Å². The van der Waals surface area contributed by atoms with Crippen LogP contribution in [0.4, 0.5) is 0 Å². The molecule has 2 rings (SSSR count). The van der Waals surface area contributed by atoms with Gasteiger partial charge in [-0.3, -0.25) is 9.69 Å². The minimum atomic E-state index is -0.236. The molecule has 4 heteroatoms. The van der Waals surface area contributed by atoms with E-state index < -0.39 is 0 Å². The monoisotopic (exact) mass is 343 g/mol. The van der Waals surface area contributed by atoms with Crippen molar-refractivity contribution in [1.29, 1.82) is 0 Å². The number of halogens is 1. The van der Waals surface area contributed by atoms with Crippen molar-refractivity contribution in [2.75, 3.05) is 13.1 Å². The van der Waals surface area contributed by atoms with Gasteiger partial charge in [-0.2, -0.15) is 0 Å². The van der Waals surface area contributed by atoms with Crippen molar-refractivity contribution < 1.29 is 4.79 Å². The largest absolute Gasteiger partial charge is 0.297 e. The zero-order valence-corrected chi connectivity index (χ0v) is 14.1. The van der Waals surface area contributed by atoms with Crippen LogP contribution in [0.1, 0.15) is 44.4 Å². The highest BCUT2D eigenvalue weighted by Crippen LogP contribution is 2.32. The first-order valence-corrected chi connectivity index (χ1v) is 8.81. The molecule has 1 aliphatic heterocycles. The molecule has 0 radical (unpaired) electrons. The lowest BCUT2D eigenvalue weighted by Gasteiger charge is -2.39. The molecule has 1 aromatic heterocycles. The van der Waals surface area contributed by atoms with Crippen LogP contribution in [-0.2, 0) is 11.2 Å². The SMILES string of the molecule is CCC(CC)(C(=O)Cc1sccc1Br)N1CCCC1. The number of likely N-dealkylation sites (tertiary alicyclic amines) is 1. The summed E-state index contributed by atoms with van der Waals surface area (Å²) in [4.78, 5) is 16.5. The van der Waals surface area contributed by atoms with Crippen molar-refractivity contribution in [3.05, 3.63) is 20.8 Å². The highest BCUT2D eigenvalue weighted by atomic mass is 79.9. The average Bonchev–Trinajstić information content (AvgIpc) is 3.05. The van der Waals surface area contributed by atoms with Gasteiger partial charge in [0, 0.05) is 15.8 Å². The smallest absolute Gasteiger partial charge is 0.158 e. The minimum absolute atomic E-state index is 0.236. The summed E-state index contributed by atoms with van der Waals surface area (Å²) in [6, 6.07) is 2.03. The number of nitrogens with zero attached hydrogens (tertiary/aromatic N) is 1. The Kier molecular flexibility index (Phi) is 5.21. The molecule has 0 bridgehead atoms. The molecule has 106 valence electrons. The molecule has 1 aromatic rings. The molecule has 1 saturated heterocycles. The van der Waals surface area contributed by atoms with Gasteiger partial charge in [-0.1, -0.05) is 13.8 Å². The van der Waals surface area contributed by atoms with Crippen LogP contribution < -0.4 is 0 Å². The second kappa shape index (κ2) is 6.51. The summed E-state index contributed by atoms with van der Waals surface area (Å²) in [6.07, 6.45) is 4.88. The number of hydrogen-bond donors (Lipinski definition) is 0. The van der Waals surface area contributed by atoms with Gasteiger partial charge in [-0.05, 0) is 66.1 Å². The van der Waals surface area contributed by atoms with Gasteiger partial charge in [0.2, 0.25) is 0 Å². The highest BCUT2D eigenvalue weighted by Gasteiger charge is 2.41. The lowest BCUT2D eigenvalue weighted by molar-refractivity contribution is -0.130. The van der Waals surface area contributed by atoms with Crippen LogP contribution in [0.2, 0.25) is 0 Å². The number of rotatable bonds is 6. The molecule has 0 unspecified atom stereocenters. The summed E-state index contributed by atoms with van der Waals surface area (Å²) >= 11 is 5.20. The molecule has 0 saturated carbocycles. The van der Waals surface area contributed by atoms with Crippen LogP contribution in [0.5, 0.6) is 0 Å². The molecule has 0 aliphatic carbocycles. The Balaban J connectivity index is 2.18. The van der Waals surface area contributed by atoms with E-state index in [4.69, 9.17) is 0 Å². The molecule has 1 fully saturated rings. The normalized spacial score (nSPS) is 17.0. The summed E-state index contributed by atoms with van der Waals surface area (Å²) in [5.41, 5.74) is -0.236. The Morgan fingerprint density at radius 1 is 1.37 bits per heavy atom. The third kappa shape index (κ3) is 2.96. The Morgan fingerprint density at radius 2 is 2.00 bits per heavy atom. The van der Waals surface area contributed by atoms with Gasteiger partial charge < -0.3 is 0 Å². The van der Waals surface area contributed by atoms with E-state index in [0.717, 1.165) is 35.3 Å². The van der Waals surface area contributed by atoms with Crippen LogP contribution in [0.25, 0.3) is 0 Å². The number of ketones is 1. The first kappa shape index (κ1) is 15.2. The maximum Gasteiger partial charge on any atom is 0.158 e. The van der Waals surface area contributed by atoms with E-state index in [1.807, 2.05) is 11.4 Å². The molecule has 2 nitrogen and oxygen atoms in total. The Morgan fingerprint density at radius 3 is 2.47 bits per heavy atom. The van der Waals surface area contributed by atoms with E-state index in [-0.39, 0.29) is 5.54 Å². The molecule has 2 heterocycles. The zero-order chi connectivity index (χ0) is 13.9. The molecular weight excluding hydrogens is 322 g/mol. The highest BCUT2D eigenvalue weighted by molar-refractivity contribution is 9.10. The molecular formula is C15H22BrNOS. The number of carbonyl (C=O) groups excluding carboxylic acids is 1. The van der Waals surface area contributed by atoms with E-state index in [1.54, 1.807) is 11.3 Å². The quantitative estimate of drug-likeness (QED) is 0.768. The summed E-state index contributed by atoms with van der Waals surface area (Å²) in [6.45, 7) is 6.48. The molecule has 0 amide bonds. The van der Waals surface area contributed by atoms with E-state index in [1.165, 1.54) is 12.8 Å².